The summed E-state index contributed by atoms with van der Waals surface area (Å²) < 4.78 is 0. The van der Waals surface area contributed by atoms with Gasteiger partial charge in [-0.2, -0.15) is 0 Å². The fourth-order valence-electron chi connectivity index (χ4n) is 1.05. The van der Waals surface area contributed by atoms with Gasteiger partial charge in [0.05, 0.1) is 0 Å². The first-order valence-corrected chi connectivity index (χ1v) is 3.43. The van der Waals surface area contributed by atoms with Gasteiger partial charge in [0.25, 0.3) is 0 Å². The lowest BCUT2D eigenvalue weighted by atomic mass is 10.2. The first-order valence-electron chi connectivity index (χ1n) is 3.43. The van der Waals surface area contributed by atoms with Gasteiger partial charge in [-0.05, 0) is 38.0 Å². The van der Waals surface area contributed by atoms with Crippen molar-refractivity contribution in [2.45, 2.75) is 20.3 Å². The summed E-state index contributed by atoms with van der Waals surface area (Å²) in [6.07, 6.45) is 6.54. The number of aliphatic hydroxyl groups is 1. The summed E-state index contributed by atoms with van der Waals surface area (Å²) in [5.74, 6) is 0.380. The van der Waals surface area contributed by atoms with Crippen LogP contribution in [0.1, 0.15) is 20.3 Å². The Hall–Kier alpha value is -0.980. The van der Waals surface area contributed by atoms with E-state index in [1.807, 2.05) is 13.0 Å². The van der Waals surface area contributed by atoms with Gasteiger partial charge in [0.1, 0.15) is 5.76 Å². The van der Waals surface area contributed by atoms with Crippen molar-refractivity contribution in [1.29, 1.82) is 0 Å². The smallest absolute Gasteiger partial charge is 0.112 e. The zero-order chi connectivity index (χ0) is 7.56. The molecule has 1 aliphatic rings. The lowest BCUT2D eigenvalue weighted by molar-refractivity contribution is 0.430. The van der Waals surface area contributed by atoms with Gasteiger partial charge in [-0.3, -0.25) is 0 Å². The maximum Gasteiger partial charge on any atom is 0.112 e. The molecule has 0 radical (unpaired) electrons. The molecule has 0 amide bonds. The van der Waals surface area contributed by atoms with E-state index in [2.05, 4.69) is 13.0 Å². The van der Waals surface area contributed by atoms with E-state index in [1.165, 1.54) is 5.57 Å². The fraction of sp³-hybridized carbons (Fsp3) is 0.333. The Balaban J connectivity index is 2.90. The van der Waals surface area contributed by atoms with Crippen molar-refractivity contribution < 1.29 is 5.11 Å². The Bertz CT molecular complexity index is 219. The van der Waals surface area contributed by atoms with E-state index < -0.39 is 0 Å². The second-order valence-corrected chi connectivity index (χ2v) is 2.71. The molecular formula is C9H12O. The van der Waals surface area contributed by atoms with E-state index in [-0.39, 0.29) is 0 Å². The summed E-state index contributed by atoms with van der Waals surface area (Å²) in [6.45, 7) is 4.05. The van der Waals surface area contributed by atoms with Crippen LogP contribution in [0.3, 0.4) is 0 Å². The van der Waals surface area contributed by atoms with Crippen LogP contribution in [0.4, 0.5) is 0 Å². The lowest BCUT2D eigenvalue weighted by Crippen LogP contribution is -1.72. The van der Waals surface area contributed by atoms with Crippen LogP contribution in [-0.4, -0.2) is 5.11 Å². The van der Waals surface area contributed by atoms with Crippen LogP contribution < -0.4 is 0 Å². The first-order chi connectivity index (χ1) is 4.68. The molecule has 0 heterocycles. The van der Waals surface area contributed by atoms with E-state index in [0.29, 0.717) is 5.76 Å². The topological polar surface area (TPSA) is 20.2 Å². The molecule has 0 aromatic carbocycles. The van der Waals surface area contributed by atoms with E-state index in [9.17, 15) is 0 Å². The van der Waals surface area contributed by atoms with Gasteiger partial charge in [-0.1, -0.05) is 11.6 Å². The molecule has 0 atom stereocenters. The standard InChI is InChI=1S/C9H12O/c1-7-3-4-9(10)6-8(2)5-7/h4-6,10H,3H2,1-2H3. The van der Waals surface area contributed by atoms with Crippen molar-refractivity contribution in [2.75, 3.05) is 0 Å². The number of hydrogen-bond donors (Lipinski definition) is 1. The molecule has 0 bridgehead atoms. The Morgan fingerprint density at radius 3 is 2.70 bits per heavy atom. The molecule has 0 aromatic heterocycles. The molecule has 0 aromatic rings. The summed E-state index contributed by atoms with van der Waals surface area (Å²) in [6, 6.07) is 0. The molecule has 0 spiro atoms. The van der Waals surface area contributed by atoms with Gasteiger partial charge in [0, 0.05) is 0 Å². The number of rotatable bonds is 0. The van der Waals surface area contributed by atoms with Crippen molar-refractivity contribution in [3.63, 3.8) is 0 Å². The SMILES string of the molecule is CC1=CC(O)=CCC(C)=C1. The zero-order valence-electron chi connectivity index (χ0n) is 6.39. The highest BCUT2D eigenvalue weighted by Gasteiger charge is 1.96. The van der Waals surface area contributed by atoms with Crippen LogP contribution in [0, 0.1) is 0 Å². The van der Waals surface area contributed by atoms with Crippen LogP contribution in [0.5, 0.6) is 0 Å². The van der Waals surface area contributed by atoms with Gasteiger partial charge in [0.15, 0.2) is 0 Å². The molecule has 0 saturated carbocycles. The molecule has 0 unspecified atom stereocenters. The van der Waals surface area contributed by atoms with Gasteiger partial charge in [-0.25, -0.2) is 0 Å². The minimum atomic E-state index is 0.380. The minimum Gasteiger partial charge on any atom is -0.508 e. The Morgan fingerprint density at radius 1 is 1.30 bits per heavy atom. The average Bonchev–Trinajstić information content (AvgIpc) is 1.93. The van der Waals surface area contributed by atoms with Crippen molar-refractivity contribution in [1.82, 2.24) is 0 Å². The summed E-state index contributed by atoms with van der Waals surface area (Å²) in [4.78, 5) is 0. The predicted molar refractivity (Wildman–Crippen MR) is 42.8 cm³/mol. The predicted octanol–water partition coefficient (Wildman–Crippen LogP) is 2.72. The third-order valence-corrected chi connectivity index (χ3v) is 1.48. The highest BCUT2D eigenvalue weighted by Crippen LogP contribution is 2.13. The maximum atomic E-state index is 9.13. The van der Waals surface area contributed by atoms with Gasteiger partial charge >= 0.3 is 0 Å². The third-order valence-electron chi connectivity index (χ3n) is 1.48. The second-order valence-electron chi connectivity index (χ2n) is 2.71. The Labute approximate surface area is 61.4 Å². The van der Waals surface area contributed by atoms with Gasteiger partial charge in [-0.15, -0.1) is 0 Å². The molecule has 1 nitrogen and oxygen atoms in total. The quantitative estimate of drug-likeness (QED) is 0.543. The number of allylic oxidation sites excluding steroid dienone is 5. The number of aliphatic hydroxyl groups excluding tert-OH is 1. The highest BCUT2D eigenvalue weighted by molar-refractivity contribution is 5.31. The van der Waals surface area contributed by atoms with E-state index in [0.717, 1.165) is 12.0 Å². The van der Waals surface area contributed by atoms with Crippen LogP contribution in [-0.2, 0) is 0 Å². The van der Waals surface area contributed by atoms with E-state index in [1.54, 1.807) is 6.08 Å². The molecular weight excluding hydrogens is 124 g/mol. The molecule has 1 aliphatic carbocycles. The highest BCUT2D eigenvalue weighted by atomic mass is 16.3. The molecule has 54 valence electrons. The molecule has 1 rings (SSSR count). The maximum absolute atomic E-state index is 9.13. The monoisotopic (exact) mass is 136 g/mol. The molecule has 10 heavy (non-hydrogen) atoms. The van der Waals surface area contributed by atoms with Crippen LogP contribution in [0.2, 0.25) is 0 Å². The molecule has 0 saturated heterocycles. The van der Waals surface area contributed by atoms with Crippen molar-refractivity contribution in [2.24, 2.45) is 0 Å². The van der Waals surface area contributed by atoms with Crippen molar-refractivity contribution in [3.8, 4) is 0 Å². The van der Waals surface area contributed by atoms with Crippen LogP contribution in [0.15, 0.2) is 35.1 Å². The summed E-state index contributed by atoms with van der Waals surface area (Å²) in [5, 5.41) is 9.13. The van der Waals surface area contributed by atoms with Gasteiger partial charge in [0.2, 0.25) is 0 Å². The first kappa shape index (κ1) is 7.13. The Kier molecular flexibility index (Phi) is 1.95. The molecule has 0 fully saturated rings. The minimum absolute atomic E-state index is 0.380. The van der Waals surface area contributed by atoms with Gasteiger partial charge < -0.3 is 5.11 Å². The molecule has 1 heteroatoms. The second kappa shape index (κ2) is 2.74. The largest absolute Gasteiger partial charge is 0.508 e. The zero-order valence-corrected chi connectivity index (χ0v) is 6.39. The summed E-state index contributed by atoms with van der Waals surface area (Å²) >= 11 is 0. The number of hydrogen-bond acceptors (Lipinski definition) is 1. The average molecular weight is 136 g/mol. The Morgan fingerprint density at radius 2 is 2.00 bits per heavy atom. The van der Waals surface area contributed by atoms with Crippen LogP contribution >= 0.6 is 0 Å². The summed E-state index contributed by atoms with van der Waals surface area (Å²) in [7, 11) is 0. The molecule has 1 N–H and O–H groups in total. The van der Waals surface area contributed by atoms with Crippen molar-refractivity contribution in [3.05, 3.63) is 35.1 Å². The normalized spacial score (nSPS) is 18.8. The van der Waals surface area contributed by atoms with E-state index in [4.69, 9.17) is 5.11 Å². The van der Waals surface area contributed by atoms with Crippen molar-refractivity contribution >= 4 is 0 Å². The lowest BCUT2D eigenvalue weighted by Gasteiger charge is -1.90. The third kappa shape index (κ3) is 1.76. The van der Waals surface area contributed by atoms with Crippen LogP contribution in [0.25, 0.3) is 0 Å². The summed E-state index contributed by atoms with van der Waals surface area (Å²) in [5.41, 5.74) is 2.40. The van der Waals surface area contributed by atoms with E-state index >= 15 is 0 Å². The molecule has 0 aliphatic heterocycles. The fourth-order valence-corrected chi connectivity index (χ4v) is 1.05.